The SMILES string of the molecule is C/C=C\c1c(C)c(C)c(/C=C\C)c2c1c1c(C=N)c(Nc3ccccc3)ccc1n2-c1cccc(-c2nc(-c3ccccc3)nc(-c3ccccc3)n2)c1. The molecule has 0 radical (unpaired) electrons. The first-order valence-corrected chi connectivity index (χ1v) is 18.2. The number of fused-ring (bicyclic) bond motifs is 3. The highest BCUT2D eigenvalue weighted by atomic mass is 15.0. The Morgan fingerprint density at radius 3 is 1.69 bits per heavy atom. The zero-order valence-corrected chi connectivity index (χ0v) is 30.8. The van der Waals surface area contributed by atoms with E-state index in [2.05, 4.69) is 98.3 Å². The van der Waals surface area contributed by atoms with Crippen molar-refractivity contribution < 1.29 is 0 Å². The second kappa shape index (κ2) is 14.6. The predicted octanol–water partition coefficient (Wildman–Crippen LogP) is 12.4. The minimum atomic E-state index is 0.593. The third kappa shape index (κ3) is 6.07. The van der Waals surface area contributed by atoms with E-state index < -0.39 is 0 Å². The van der Waals surface area contributed by atoms with E-state index in [1.807, 2.05) is 91.0 Å². The Morgan fingerprint density at radius 1 is 0.556 bits per heavy atom. The topological polar surface area (TPSA) is 79.5 Å². The van der Waals surface area contributed by atoms with Gasteiger partial charge in [-0.3, -0.25) is 0 Å². The van der Waals surface area contributed by atoms with E-state index in [9.17, 15) is 0 Å². The summed E-state index contributed by atoms with van der Waals surface area (Å²) in [6, 6.07) is 42.9. The molecule has 0 saturated heterocycles. The lowest BCUT2D eigenvalue weighted by atomic mass is 9.91. The number of aromatic nitrogens is 4. The van der Waals surface area contributed by atoms with Crippen LogP contribution in [0.4, 0.5) is 11.4 Å². The Labute approximate surface area is 315 Å². The van der Waals surface area contributed by atoms with Gasteiger partial charge in [-0.15, -0.1) is 0 Å². The fraction of sp³-hybridized carbons (Fsp3) is 0.0833. The van der Waals surface area contributed by atoms with Gasteiger partial charge in [0.05, 0.1) is 11.0 Å². The summed E-state index contributed by atoms with van der Waals surface area (Å²) in [6.45, 7) is 8.53. The van der Waals surface area contributed by atoms with Gasteiger partial charge >= 0.3 is 0 Å². The highest BCUT2D eigenvalue weighted by molar-refractivity contribution is 6.22. The van der Waals surface area contributed by atoms with E-state index in [-0.39, 0.29) is 0 Å². The lowest BCUT2D eigenvalue weighted by Gasteiger charge is -2.16. The summed E-state index contributed by atoms with van der Waals surface area (Å²) in [5.41, 5.74) is 13.2. The molecule has 8 rings (SSSR count). The van der Waals surface area contributed by atoms with Crippen LogP contribution in [-0.2, 0) is 0 Å². The summed E-state index contributed by atoms with van der Waals surface area (Å²) >= 11 is 0. The third-order valence-corrected chi connectivity index (χ3v) is 10.00. The molecule has 54 heavy (non-hydrogen) atoms. The van der Waals surface area contributed by atoms with E-state index in [4.69, 9.17) is 20.4 Å². The number of hydrogen-bond acceptors (Lipinski definition) is 5. The number of nitrogens with zero attached hydrogens (tertiary/aromatic N) is 4. The van der Waals surface area contributed by atoms with Gasteiger partial charge in [-0.1, -0.05) is 115 Å². The Kier molecular flexibility index (Phi) is 9.24. The molecule has 0 bridgehead atoms. The number of nitrogens with one attached hydrogen (secondary N) is 2. The molecule has 262 valence electrons. The maximum Gasteiger partial charge on any atom is 0.164 e. The molecule has 0 atom stereocenters. The molecule has 6 nitrogen and oxygen atoms in total. The van der Waals surface area contributed by atoms with Gasteiger partial charge in [0.15, 0.2) is 17.5 Å². The Hall–Kier alpha value is -6.92. The lowest BCUT2D eigenvalue weighted by molar-refractivity contribution is 1.07. The summed E-state index contributed by atoms with van der Waals surface area (Å²) in [7, 11) is 0. The molecule has 0 unspecified atom stereocenters. The molecule has 2 N–H and O–H groups in total. The fourth-order valence-electron chi connectivity index (χ4n) is 7.37. The molecule has 0 aliphatic carbocycles. The molecular weight excluding hydrogens is 661 g/mol. The van der Waals surface area contributed by atoms with Crippen molar-refractivity contribution in [1.29, 1.82) is 5.41 Å². The van der Waals surface area contributed by atoms with Crippen LogP contribution < -0.4 is 5.32 Å². The molecule has 0 amide bonds. The molecule has 2 aromatic heterocycles. The van der Waals surface area contributed by atoms with Crippen molar-refractivity contribution in [1.82, 2.24) is 19.5 Å². The highest BCUT2D eigenvalue weighted by Crippen LogP contribution is 2.44. The Balaban J connectivity index is 1.43. The normalized spacial score (nSPS) is 11.6. The van der Waals surface area contributed by atoms with Crippen LogP contribution >= 0.6 is 0 Å². The van der Waals surface area contributed by atoms with Crippen molar-refractivity contribution in [2.45, 2.75) is 27.7 Å². The first kappa shape index (κ1) is 34.2. The second-order valence-corrected chi connectivity index (χ2v) is 13.3. The summed E-state index contributed by atoms with van der Waals surface area (Å²) in [5.74, 6) is 1.83. The molecule has 0 aliphatic heterocycles. The number of rotatable bonds is 9. The van der Waals surface area contributed by atoms with Crippen molar-refractivity contribution >= 4 is 51.5 Å². The van der Waals surface area contributed by atoms with E-state index in [0.29, 0.717) is 17.5 Å². The van der Waals surface area contributed by atoms with Crippen LogP contribution in [0, 0.1) is 19.3 Å². The molecule has 6 heteroatoms. The summed E-state index contributed by atoms with van der Waals surface area (Å²) in [4.78, 5) is 15.0. The largest absolute Gasteiger partial charge is 0.355 e. The van der Waals surface area contributed by atoms with Crippen molar-refractivity contribution in [2.75, 3.05) is 5.32 Å². The zero-order valence-electron chi connectivity index (χ0n) is 30.8. The predicted molar refractivity (Wildman–Crippen MR) is 227 cm³/mol. The molecule has 8 aromatic rings. The van der Waals surface area contributed by atoms with Gasteiger partial charge in [0.2, 0.25) is 0 Å². The van der Waals surface area contributed by atoms with Gasteiger partial charge in [0.1, 0.15) is 0 Å². The van der Waals surface area contributed by atoms with Gasteiger partial charge < -0.3 is 15.3 Å². The summed E-state index contributed by atoms with van der Waals surface area (Å²) < 4.78 is 2.35. The number of allylic oxidation sites excluding steroid dienone is 2. The Bertz CT molecular complexity index is 2670. The lowest BCUT2D eigenvalue weighted by Crippen LogP contribution is -2.02. The monoisotopic (exact) mass is 700 g/mol. The standard InChI is InChI=1S/C48H40N6/c1-5-17-38-31(3)32(4)39(18-6-2)45-44(38)43-40(30-49)41(50-36-24-14-9-15-25-36)27-28-42(43)54(45)37-26-16-23-35(29-37)48-52-46(33-19-10-7-11-20-33)51-47(53-48)34-21-12-8-13-22-34/h5-30,49-50H,1-4H3/b17-5-,18-6-,49-30?. The maximum absolute atomic E-state index is 8.82. The molecule has 0 fully saturated rings. The van der Waals surface area contributed by atoms with Crippen LogP contribution in [0.5, 0.6) is 0 Å². The van der Waals surface area contributed by atoms with E-state index in [1.165, 1.54) is 17.3 Å². The van der Waals surface area contributed by atoms with Gasteiger partial charge in [-0.25, -0.2) is 15.0 Å². The van der Waals surface area contributed by atoms with E-state index in [1.54, 1.807) is 0 Å². The summed E-state index contributed by atoms with van der Waals surface area (Å²) in [5, 5.41) is 14.6. The molecule has 0 aliphatic rings. The average Bonchev–Trinajstić information content (AvgIpc) is 3.57. The number of para-hydroxylation sites is 1. The van der Waals surface area contributed by atoms with Gasteiger partial charge in [0, 0.05) is 61.9 Å². The van der Waals surface area contributed by atoms with Gasteiger partial charge in [0.25, 0.3) is 0 Å². The van der Waals surface area contributed by atoms with Gasteiger partial charge in [-0.05, 0) is 80.8 Å². The van der Waals surface area contributed by atoms with E-state index in [0.717, 1.165) is 72.2 Å². The molecule has 2 heterocycles. The Morgan fingerprint density at radius 2 is 1.09 bits per heavy atom. The first-order chi connectivity index (χ1) is 26.5. The smallest absolute Gasteiger partial charge is 0.164 e. The molecule has 6 aromatic carbocycles. The average molecular weight is 701 g/mol. The number of benzene rings is 6. The summed E-state index contributed by atoms with van der Waals surface area (Å²) in [6.07, 6.45) is 10.1. The molecule has 0 spiro atoms. The zero-order chi connectivity index (χ0) is 37.2. The van der Waals surface area contributed by atoms with Crippen LogP contribution in [0.1, 0.15) is 41.7 Å². The fourth-order valence-corrected chi connectivity index (χ4v) is 7.37. The van der Waals surface area contributed by atoms with E-state index >= 15 is 0 Å². The van der Waals surface area contributed by atoms with Crippen molar-refractivity contribution in [3.63, 3.8) is 0 Å². The number of hydrogen-bond donors (Lipinski definition) is 2. The maximum atomic E-state index is 8.82. The minimum Gasteiger partial charge on any atom is -0.355 e. The van der Waals surface area contributed by atoms with Crippen LogP contribution in [-0.4, -0.2) is 25.7 Å². The quantitative estimate of drug-likeness (QED) is 0.147. The number of anilines is 2. The highest BCUT2D eigenvalue weighted by Gasteiger charge is 2.24. The van der Waals surface area contributed by atoms with Crippen LogP contribution in [0.3, 0.4) is 0 Å². The second-order valence-electron chi connectivity index (χ2n) is 13.3. The molecule has 0 saturated carbocycles. The van der Waals surface area contributed by atoms with Gasteiger partial charge in [-0.2, -0.15) is 0 Å². The first-order valence-electron chi connectivity index (χ1n) is 18.2. The molecular formula is C48H40N6. The van der Waals surface area contributed by atoms with Crippen LogP contribution in [0.25, 0.3) is 73.8 Å². The third-order valence-electron chi connectivity index (χ3n) is 10.00. The van der Waals surface area contributed by atoms with Crippen LogP contribution in [0.2, 0.25) is 0 Å². The van der Waals surface area contributed by atoms with Crippen molar-refractivity contribution in [3.8, 4) is 39.9 Å². The van der Waals surface area contributed by atoms with Crippen LogP contribution in [0.15, 0.2) is 140 Å². The minimum absolute atomic E-state index is 0.593. The van der Waals surface area contributed by atoms with Crippen molar-refractivity contribution in [2.24, 2.45) is 0 Å². The van der Waals surface area contributed by atoms with Crippen molar-refractivity contribution in [3.05, 3.63) is 167 Å².